The zero-order valence-corrected chi connectivity index (χ0v) is 9.41. The normalized spacial score (nSPS) is 25.3. The Morgan fingerprint density at radius 2 is 2.19 bits per heavy atom. The van der Waals surface area contributed by atoms with Gasteiger partial charge in [0.25, 0.3) is 5.91 Å². The molecule has 0 bridgehead atoms. The number of rotatable bonds is 5. The molecular formula is C9H18N4O3. The van der Waals surface area contributed by atoms with Gasteiger partial charge in [-0.25, -0.2) is 5.43 Å². The maximum absolute atomic E-state index is 11.7. The Bertz CT molecular complexity index is 269. The van der Waals surface area contributed by atoms with E-state index in [1.165, 1.54) is 6.20 Å². The summed E-state index contributed by atoms with van der Waals surface area (Å²) in [4.78, 5) is 11.7. The van der Waals surface area contributed by atoms with E-state index in [0.29, 0.717) is 12.3 Å². The van der Waals surface area contributed by atoms with Crippen LogP contribution in [0.3, 0.4) is 0 Å². The van der Waals surface area contributed by atoms with Gasteiger partial charge in [-0.3, -0.25) is 4.79 Å². The highest BCUT2D eigenvalue weighted by molar-refractivity contribution is 5.92. The highest BCUT2D eigenvalue weighted by atomic mass is 16.5. The average Bonchev–Trinajstić information content (AvgIpc) is 2.64. The van der Waals surface area contributed by atoms with Crippen LogP contribution in [-0.2, 0) is 9.53 Å². The third kappa shape index (κ3) is 3.37. The number of aliphatic hydroxyl groups is 1. The van der Waals surface area contributed by atoms with Gasteiger partial charge in [0.1, 0.15) is 5.70 Å². The summed E-state index contributed by atoms with van der Waals surface area (Å²) < 4.78 is 5.03. The van der Waals surface area contributed by atoms with Gasteiger partial charge in [0.15, 0.2) is 0 Å². The van der Waals surface area contributed by atoms with E-state index in [4.69, 9.17) is 4.74 Å². The summed E-state index contributed by atoms with van der Waals surface area (Å²) in [5.41, 5.74) is 5.68. The van der Waals surface area contributed by atoms with E-state index in [-0.39, 0.29) is 18.6 Å². The molecule has 7 heteroatoms. The molecule has 5 N–H and O–H groups in total. The minimum Gasteiger partial charge on any atom is -0.392 e. The molecule has 92 valence electrons. The second-order valence-corrected chi connectivity index (χ2v) is 3.41. The van der Waals surface area contributed by atoms with Crippen molar-refractivity contribution in [1.82, 2.24) is 21.5 Å². The lowest BCUT2D eigenvalue weighted by atomic mass is 10.2. The van der Waals surface area contributed by atoms with Crippen LogP contribution in [0, 0.1) is 0 Å². The molecule has 0 radical (unpaired) electrons. The molecule has 0 saturated carbocycles. The van der Waals surface area contributed by atoms with Crippen molar-refractivity contribution in [3.8, 4) is 0 Å². The van der Waals surface area contributed by atoms with Crippen LogP contribution < -0.4 is 21.5 Å². The third-order valence-electron chi connectivity index (χ3n) is 2.16. The first kappa shape index (κ1) is 12.8. The number of hydrogen-bond acceptors (Lipinski definition) is 6. The first-order valence-corrected chi connectivity index (χ1v) is 5.06. The summed E-state index contributed by atoms with van der Waals surface area (Å²) in [5, 5.41) is 14.9. The Labute approximate surface area is 94.2 Å². The fourth-order valence-corrected chi connectivity index (χ4v) is 1.36. The molecule has 0 aromatic rings. The summed E-state index contributed by atoms with van der Waals surface area (Å²) in [6.07, 6.45) is 0.878. The van der Waals surface area contributed by atoms with E-state index < -0.39 is 6.10 Å². The summed E-state index contributed by atoms with van der Waals surface area (Å²) in [5.74, 6) is -0.307. The van der Waals surface area contributed by atoms with Gasteiger partial charge in [0.05, 0.1) is 25.4 Å². The smallest absolute Gasteiger partial charge is 0.270 e. The predicted octanol–water partition coefficient (Wildman–Crippen LogP) is -2.35. The fourth-order valence-electron chi connectivity index (χ4n) is 1.36. The van der Waals surface area contributed by atoms with Crippen molar-refractivity contribution in [3.63, 3.8) is 0 Å². The average molecular weight is 230 g/mol. The van der Waals surface area contributed by atoms with E-state index in [1.807, 2.05) is 0 Å². The molecule has 1 rings (SSSR count). The quantitative estimate of drug-likeness (QED) is 0.268. The largest absolute Gasteiger partial charge is 0.392 e. The first-order valence-electron chi connectivity index (χ1n) is 5.06. The highest BCUT2D eigenvalue weighted by Crippen LogP contribution is 2.05. The maximum atomic E-state index is 11.7. The zero-order valence-electron chi connectivity index (χ0n) is 9.41. The molecular weight excluding hydrogens is 212 g/mol. The van der Waals surface area contributed by atoms with Gasteiger partial charge in [-0.05, 0) is 0 Å². The number of ether oxygens (including phenoxy) is 1. The summed E-state index contributed by atoms with van der Waals surface area (Å²) >= 11 is 0. The van der Waals surface area contributed by atoms with Crippen molar-refractivity contribution in [3.05, 3.63) is 11.9 Å². The van der Waals surface area contributed by atoms with Crippen molar-refractivity contribution in [2.75, 3.05) is 27.3 Å². The van der Waals surface area contributed by atoms with Crippen molar-refractivity contribution in [2.45, 2.75) is 12.1 Å². The maximum Gasteiger partial charge on any atom is 0.270 e. The van der Waals surface area contributed by atoms with Crippen LogP contribution in [0.4, 0.5) is 0 Å². The second kappa shape index (κ2) is 6.31. The number of nitrogens with one attached hydrogen (secondary N) is 4. The molecule has 2 atom stereocenters. The monoisotopic (exact) mass is 230 g/mol. The molecule has 0 spiro atoms. The van der Waals surface area contributed by atoms with Gasteiger partial charge in [-0.1, -0.05) is 0 Å². The second-order valence-electron chi connectivity index (χ2n) is 3.41. The zero-order chi connectivity index (χ0) is 12.0. The molecule has 1 aliphatic heterocycles. The summed E-state index contributed by atoms with van der Waals surface area (Å²) in [7, 11) is 3.35. The van der Waals surface area contributed by atoms with Crippen LogP contribution in [0.1, 0.15) is 0 Å². The lowest BCUT2D eigenvalue weighted by Gasteiger charge is -2.16. The lowest BCUT2D eigenvalue weighted by Crippen LogP contribution is -2.46. The number of amides is 1. The van der Waals surface area contributed by atoms with Crippen LogP contribution in [0.5, 0.6) is 0 Å². The summed E-state index contributed by atoms with van der Waals surface area (Å²) in [6, 6.07) is -0.355. The van der Waals surface area contributed by atoms with E-state index in [0.717, 1.165) is 0 Å². The Morgan fingerprint density at radius 3 is 2.69 bits per heavy atom. The van der Waals surface area contributed by atoms with E-state index in [1.54, 1.807) is 14.1 Å². The van der Waals surface area contributed by atoms with Gasteiger partial charge in [0.2, 0.25) is 0 Å². The molecule has 1 heterocycles. The number of carbonyl (C=O) groups excluding carboxylic acids is 1. The molecule has 0 aromatic carbocycles. The molecule has 0 aliphatic carbocycles. The predicted molar refractivity (Wildman–Crippen MR) is 58.1 cm³/mol. The van der Waals surface area contributed by atoms with Crippen LogP contribution in [-0.4, -0.2) is 50.5 Å². The number of aliphatic hydroxyl groups excluding tert-OH is 1. The molecule has 1 fully saturated rings. The molecule has 1 amide bonds. The molecule has 1 saturated heterocycles. The van der Waals surface area contributed by atoms with Crippen molar-refractivity contribution in [2.24, 2.45) is 0 Å². The molecule has 1 aliphatic rings. The van der Waals surface area contributed by atoms with Crippen LogP contribution >= 0.6 is 0 Å². The van der Waals surface area contributed by atoms with Gasteiger partial charge in [-0.2, -0.15) is 0 Å². The Balaban J connectivity index is 2.51. The molecule has 0 aromatic heterocycles. The Hall–Kier alpha value is -1.31. The third-order valence-corrected chi connectivity index (χ3v) is 2.16. The Kier molecular flexibility index (Phi) is 5.03. The minimum absolute atomic E-state index is 0.259. The molecule has 2 unspecified atom stereocenters. The van der Waals surface area contributed by atoms with Gasteiger partial charge in [-0.15, -0.1) is 0 Å². The molecule has 16 heavy (non-hydrogen) atoms. The number of hydrogen-bond donors (Lipinski definition) is 5. The van der Waals surface area contributed by atoms with E-state index >= 15 is 0 Å². The fraction of sp³-hybridized carbons (Fsp3) is 0.667. The minimum atomic E-state index is -0.644. The van der Waals surface area contributed by atoms with Gasteiger partial charge < -0.3 is 25.9 Å². The number of carbonyl (C=O) groups is 1. The van der Waals surface area contributed by atoms with Crippen molar-refractivity contribution >= 4 is 5.91 Å². The Morgan fingerprint density at radius 1 is 1.44 bits per heavy atom. The van der Waals surface area contributed by atoms with E-state index in [9.17, 15) is 9.90 Å². The van der Waals surface area contributed by atoms with Gasteiger partial charge >= 0.3 is 0 Å². The van der Waals surface area contributed by atoms with Crippen LogP contribution in [0.2, 0.25) is 0 Å². The topological polar surface area (TPSA) is 94.7 Å². The SMILES string of the molecule is CN/C=C(\NNC)C(=O)NC1COCC1O. The van der Waals surface area contributed by atoms with Crippen LogP contribution in [0.15, 0.2) is 11.9 Å². The standard InChI is InChI=1S/C9H18N4O3/c1-10-3-6(13-11-2)9(15)12-7-4-16-5-8(7)14/h3,7-8,10-11,13-14H,4-5H2,1-2H3,(H,12,15)/b6-3-. The van der Waals surface area contributed by atoms with Crippen molar-refractivity contribution in [1.29, 1.82) is 0 Å². The number of hydrazine groups is 1. The summed E-state index contributed by atoms with van der Waals surface area (Å²) in [6.45, 7) is 0.592. The molecule has 7 nitrogen and oxygen atoms in total. The van der Waals surface area contributed by atoms with Gasteiger partial charge in [0, 0.05) is 20.3 Å². The van der Waals surface area contributed by atoms with E-state index in [2.05, 4.69) is 21.5 Å². The van der Waals surface area contributed by atoms with Crippen LogP contribution in [0.25, 0.3) is 0 Å². The highest BCUT2D eigenvalue weighted by Gasteiger charge is 2.28. The lowest BCUT2D eigenvalue weighted by molar-refractivity contribution is -0.119. The first-order chi connectivity index (χ1) is 7.69. The van der Waals surface area contributed by atoms with Crippen molar-refractivity contribution < 1.29 is 14.6 Å².